The van der Waals surface area contributed by atoms with E-state index in [1.165, 1.54) is 27.1 Å². The summed E-state index contributed by atoms with van der Waals surface area (Å²) >= 11 is 0. The number of allylic oxidation sites excluding steroid dienone is 4. The molecule has 20 heavy (non-hydrogen) atoms. The molecule has 0 unspecified atom stereocenters. The first-order chi connectivity index (χ1) is 9.83. The second kappa shape index (κ2) is 5.18. The van der Waals surface area contributed by atoms with Gasteiger partial charge in [-0.15, -0.1) is 0 Å². The number of hydrogen-bond donors (Lipinski definition) is 0. The third-order valence-electron chi connectivity index (χ3n) is 3.60. The average Bonchev–Trinajstić information content (AvgIpc) is 2.52. The summed E-state index contributed by atoms with van der Waals surface area (Å²) < 4.78 is 0. The maximum Gasteiger partial charge on any atom is -0.0105 e. The van der Waals surface area contributed by atoms with E-state index in [0.717, 1.165) is 5.57 Å². The molecule has 3 aromatic carbocycles. The fourth-order valence-electron chi connectivity index (χ4n) is 2.60. The van der Waals surface area contributed by atoms with Gasteiger partial charge in [0.15, 0.2) is 0 Å². The van der Waals surface area contributed by atoms with Gasteiger partial charge in [0.25, 0.3) is 0 Å². The molecule has 0 amide bonds. The van der Waals surface area contributed by atoms with Crippen LogP contribution in [0.5, 0.6) is 0 Å². The number of fused-ring (bicyclic) bond motifs is 3. The zero-order chi connectivity index (χ0) is 13.9. The minimum Gasteiger partial charge on any atom is -0.0990 e. The van der Waals surface area contributed by atoms with Crippen molar-refractivity contribution in [2.24, 2.45) is 0 Å². The molecule has 96 valence electrons. The maximum atomic E-state index is 3.87. The predicted molar refractivity (Wildman–Crippen MR) is 89.8 cm³/mol. The van der Waals surface area contributed by atoms with Gasteiger partial charge in [-0.1, -0.05) is 79.9 Å². The van der Waals surface area contributed by atoms with E-state index in [1.807, 2.05) is 12.2 Å². The topological polar surface area (TPSA) is 0 Å². The lowest BCUT2D eigenvalue weighted by Crippen LogP contribution is -1.83. The van der Waals surface area contributed by atoms with Crippen molar-refractivity contribution in [2.75, 3.05) is 0 Å². The second-order valence-corrected chi connectivity index (χ2v) is 4.78. The zero-order valence-electron chi connectivity index (χ0n) is 11.3. The SMILES string of the molecule is C=C/C=C(\C=C)c1ccc2c(ccc3ccccc32)c1. The molecule has 0 heteroatoms. The first-order valence-corrected chi connectivity index (χ1v) is 6.70. The van der Waals surface area contributed by atoms with Crippen LogP contribution < -0.4 is 0 Å². The summed E-state index contributed by atoms with van der Waals surface area (Å²) in [6, 6.07) is 19.4. The van der Waals surface area contributed by atoms with E-state index in [1.54, 1.807) is 6.08 Å². The Morgan fingerprint density at radius 3 is 2.35 bits per heavy atom. The third kappa shape index (κ3) is 2.06. The van der Waals surface area contributed by atoms with Crippen LogP contribution in [0, 0.1) is 0 Å². The first kappa shape index (κ1) is 12.4. The van der Waals surface area contributed by atoms with Crippen molar-refractivity contribution in [1.29, 1.82) is 0 Å². The van der Waals surface area contributed by atoms with Gasteiger partial charge in [-0.05, 0) is 38.7 Å². The Kier molecular flexibility index (Phi) is 3.22. The van der Waals surface area contributed by atoms with Crippen molar-refractivity contribution < 1.29 is 0 Å². The molecule has 3 aromatic rings. The predicted octanol–water partition coefficient (Wildman–Crippen LogP) is 5.75. The minimum atomic E-state index is 1.09. The lowest BCUT2D eigenvalue weighted by Gasteiger charge is -2.07. The van der Waals surface area contributed by atoms with Crippen LogP contribution in [-0.2, 0) is 0 Å². The molecule has 3 rings (SSSR count). The molecule has 0 aliphatic rings. The van der Waals surface area contributed by atoms with Gasteiger partial charge in [0, 0.05) is 0 Å². The van der Waals surface area contributed by atoms with Crippen molar-refractivity contribution in [1.82, 2.24) is 0 Å². The Morgan fingerprint density at radius 2 is 1.55 bits per heavy atom. The van der Waals surface area contributed by atoms with Crippen LogP contribution in [0.4, 0.5) is 0 Å². The highest BCUT2D eigenvalue weighted by Crippen LogP contribution is 2.28. The fraction of sp³-hybridized carbons (Fsp3) is 0. The summed E-state index contributed by atoms with van der Waals surface area (Å²) in [6.45, 7) is 7.62. The van der Waals surface area contributed by atoms with Crippen LogP contribution in [0.15, 0.2) is 86.0 Å². The molecule has 0 fully saturated rings. The zero-order valence-corrected chi connectivity index (χ0v) is 11.3. The quantitative estimate of drug-likeness (QED) is 0.413. The van der Waals surface area contributed by atoms with E-state index in [2.05, 4.69) is 67.8 Å². The molecule has 0 aliphatic carbocycles. The molecule has 0 N–H and O–H groups in total. The molecule has 0 aromatic heterocycles. The van der Waals surface area contributed by atoms with Crippen molar-refractivity contribution >= 4 is 27.1 Å². The molecule has 0 aliphatic heterocycles. The average molecular weight is 256 g/mol. The standard InChI is InChI=1S/C20H16/c1-3-7-15(4-2)17-12-13-20-18(14-17)11-10-16-8-5-6-9-19(16)20/h3-14H,1-2H2/b15-7+. The highest BCUT2D eigenvalue weighted by molar-refractivity contribution is 6.08. The number of rotatable bonds is 3. The summed E-state index contributed by atoms with van der Waals surface area (Å²) in [6.07, 6.45) is 5.64. The van der Waals surface area contributed by atoms with E-state index < -0.39 is 0 Å². The Labute approximate surface area is 119 Å². The Morgan fingerprint density at radius 1 is 0.800 bits per heavy atom. The molecule has 0 nitrogen and oxygen atoms in total. The van der Waals surface area contributed by atoms with Gasteiger partial charge >= 0.3 is 0 Å². The fourth-order valence-corrected chi connectivity index (χ4v) is 2.60. The largest absolute Gasteiger partial charge is 0.0990 e. The third-order valence-corrected chi connectivity index (χ3v) is 3.60. The highest BCUT2D eigenvalue weighted by atomic mass is 14.1. The van der Waals surface area contributed by atoms with E-state index in [4.69, 9.17) is 0 Å². The number of hydrogen-bond acceptors (Lipinski definition) is 0. The van der Waals surface area contributed by atoms with Crippen LogP contribution in [0.1, 0.15) is 5.56 Å². The lowest BCUT2D eigenvalue weighted by atomic mass is 9.97. The van der Waals surface area contributed by atoms with Crippen molar-refractivity contribution in [3.8, 4) is 0 Å². The summed E-state index contributed by atoms with van der Waals surface area (Å²) in [5.41, 5.74) is 2.26. The van der Waals surface area contributed by atoms with Gasteiger partial charge < -0.3 is 0 Å². The van der Waals surface area contributed by atoms with Gasteiger partial charge in [-0.3, -0.25) is 0 Å². The second-order valence-electron chi connectivity index (χ2n) is 4.78. The highest BCUT2D eigenvalue weighted by Gasteiger charge is 2.02. The van der Waals surface area contributed by atoms with E-state index in [0.29, 0.717) is 0 Å². The van der Waals surface area contributed by atoms with Crippen LogP contribution in [0.3, 0.4) is 0 Å². The summed E-state index contributed by atoms with van der Waals surface area (Å²) in [5, 5.41) is 5.11. The van der Waals surface area contributed by atoms with Crippen molar-refractivity contribution in [2.45, 2.75) is 0 Å². The molecule has 0 atom stereocenters. The van der Waals surface area contributed by atoms with Crippen LogP contribution >= 0.6 is 0 Å². The summed E-state index contributed by atoms with van der Waals surface area (Å²) in [7, 11) is 0. The van der Waals surface area contributed by atoms with E-state index >= 15 is 0 Å². The molecular weight excluding hydrogens is 240 g/mol. The van der Waals surface area contributed by atoms with E-state index in [-0.39, 0.29) is 0 Å². The smallest absolute Gasteiger partial charge is 0.0105 e. The van der Waals surface area contributed by atoms with Crippen molar-refractivity contribution in [3.63, 3.8) is 0 Å². The molecule has 0 heterocycles. The maximum absolute atomic E-state index is 3.87. The summed E-state index contributed by atoms with van der Waals surface area (Å²) in [4.78, 5) is 0. The minimum absolute atomic E-state index is 1.09. The van der Waals surface area contributed by atoms with Gasteiger partial charge in [0.2, 0.25) is 0 Å². The molecule has 0 spiro atoms. The van der Waals surface area contributed by atoms with Gasteiger partial charge in [0.1, 0.15) is 0 Å². The summed E-state index contributed by atoms with van der Waals surface area (Å²) in [5.74, 6) is 0. The van der Waals surface area contributed by atoms with E-state index in [9.17, 15) is 0 Å². The molecular formula is C20H16. The normalized spacial score (nSPS) is 11.7. The molecule has 0 saturated carbocycles. The van der Waals surface area contributed by atoms with Gasteiger partial charge in [-0.2, -0.15) is 0 Å². The Hall–Kier alpha value is -2.60. The Balaban J connectivity index is 2.27. The monoisotopic (exact) mass is 256 g/mol. The lowest BCUT2D eigenvalue weighted by molar-refractivity contribution is 1.68. The van der Waals surface area contributed by atoms with Crippen LogP contribution in [0.2, 0.25) is 0 Å². The van der Waals surface area contributed by atoms with Crippen molar-refractivity contribution in [3.05, 3.63) is 91.5 Å². The molecule has 0 radical (unpaired) electrons. The Bertz CT molecular complexity index is 835. The van der Waals surface area contributed by atoms with Crippen LogP contribution in [-0.4, -0.2) is 0 Å². The first-order valence-electron chi connectivity index (χ1n) is 6.70. The molecule has 0 bridgehead atoms. The number of benzene rings is 3. The van der Waals surface area contributed by atoms with Crippen LogP contribution in [0.25, 0.3) is 27.1 Å². The van der Waals surface area contributed by atoms with Gasteiger partial charge in [0.05, 0.1) is 0 Å². The van der Waals surface area contributed by atoms with Gasteiger partial charge in [-0.25, -0.2) is 0 Å². The molecule has 0 saturated heterocycles.